The van der Waals surface area contributed by atoms with Crippen molar-refractivity contribution in [2.45, 2.75) is 43.1 Å². The van der Waals surface area contributed by atoms with Gasteiger partial charge in [0.25, 0.3) is 10.1 Å². The third-order valence-corrected chi connectivity index (χ3v) is 6.38. The van der Waals surface area contributed by atoms with Crippen LogP contribution < -0.4 is 4.74 Å². The summed E-state index contributed by atoms with van der Waals surface area (Å²) in [6.07, 6.45) is 4.24. The lowest BCUT2D eigenvalue weighted by molar-refractivity contribution is -0.0619. The predicted octanol–water partition coefficient (Wildman–Crippen LogP) is 3.88. The Morgan fingerprint density at radius 2 is 1.80 bits per heavy atom. The Morgan fingerprint density at radius 3 is 2.37 bits per heavy atom. The summed E-state index contributed by atoms with van der Waals surface area (Å²) in [4.78, 5) is 2.10. The minimum atomic E-state index is -4.02. The van der Waals surface area contributed by atoms with Crippen molar-refractivity contribution in [2.24, 2.45) is 5.92 Å². The van der Waals surface area contributed by atoms with Crippen molar-refractivity contribution in [2.75, 3.05) is 27.7 Å². The Bertz CT molecular complexity index is 911. The molecule has 0 saturated heterocycles. The van der Waals surface area contributed by atoms with Gasteiger partial charge in [0.1, 0.15) is 5.75 Å². The summed E-state index contributed by atoms with van der Waals surface area (Å²) in [5.74, 6) is 1.11. The van der Waals surface area contributed by atoms with Crippen molar-refractivity contribution in [3.8, 4) is 5.75 Å². The van der Waals surface area contributed by atoms with E-state index in [4.69, 9.17) is 9.29 Å². The molecule has 0 aromatic heterocycles. The summed E-state index contributed by atoms with van der Waals surface area (Å²) < 4.78 is 34.8. The Labute approximate surface area is 180 Å². The van der Waals surface area contributed by atoms with Gasteiger partial charge < -0.3 is 14.7 Å². The van der Waals surface area contributed by atoms with Gasteiger partial charge in [-0.25, -0.2) is 0 Å². The van der Waals surface area contributed by atoms with Gasteiger partial charge in [-0.05, 0) is 63.7 Å². The molecule has 0 radical (unpaired) electrons. The molecule has 2 atom stereocenters. The fourth-order valence-electron chi connectivity index (χ4n) is 3.89. The lowest BCUT2D eigenvalue weighted by atomic mass is 9.71. The maximum Gasteiger partial charge on any atom is 0.294 e. The zero-order valence-corrected chi connectivity index (χ0v) is 19.0. The van der Waals surface area contributed by atoms with E-state index in [1.54, 1.807) is 19.2 Å². The molecule has 0 aliphatic heterocycles. The van der Waals surface area contributed by atoms with Crippen molar-refractivity contribution in [3.63, 3.8) is 0 Å². The van der Waals surface area contributed by atoms with Crippen molar-refractivity contribution < 1.29 is 22.8 Å². The highest BCUT2D eigenvalue weighted by molar-refractivity contribution is 7.85. The van der Waals surface area contributed by atoms with Crippen LogP contribution in [0.4, 0.5) is 0 Å². The highest BCUT2D eigenvalue weighted by Crippen LogP contribution is 2.42. The van der Waals surface area contributed by atoms with Crippen molar-refractivity contribution in [1.29, 1.82) is 0 Å². The topological polar surface area (TPSA) is 87.1 Å². The molecule has 3 rings (SSSR count). The van der Waals surface area contributed by atoms with Crippen LogP contribution in [-0.4, -0.2) is 50.7 Å². The number of aliphatic hydroxyl groups is 1. The van der Waals surface area contributed by atoms with Crippen LogP contribution in [0.15, 0.2) is 53.4 Å². The number of hydrogen-bond donors (Lipinski definition) is 2. The van der Waals surface area contributed by atoms with Gasteiger partial charge in [-0.1, -0.05) is 42.7 Å². The molecule has 0 bridgehead atoms. The van der Waals surface area contributed by atoms with Gasteiger partial charge >= 0.3 is 0 Å². The summed E-state index contributed by atoms with van der Waals surface area (Å²) in [6, 6.07) is 13.9. The largest absolute Gasteiger partial charge is 0.497 e. The standard InChI is InChI=1S/C16H25NO2.C7H8O3S/c1-17(2)12-14-7-4-5-10-16(14,18)13-8-6-9-15(11-13)19-3;1-6-2-4-7(5-3-6)11(8,9)10/h6,8-9,11,14,18H,4-5,7,10,12H2,1-3H3;2-5H,1H3,(H,8,9,10)/t14-,16+;/m1./s1. The summed E-state index contributed by atoms with van der Waals surface area (Å²) in [5, 5.41) is 11.2. The van der Waals surface area contributed by atoms with Crippen molar-refractivity contribution in [3.05, 3.63) is 59.7 Å². The molecular weight excluding hydrogens is 402 g/mol. The van der Waals surface area contributed by atoms with Crippen molar-refractivity contribution in [1.82, 2.24) is 4.90 Å². The highest BCUT2D eigenvalue weighted by Gasteiger charge is 2.40. The zero-order valence-electron chi connectivity index (χ0n) is 18.2. The Balaban J connectivity index is 0.000000248. The average Bonchev–Trinajstić information content (AvgIpc) is 2.70. The number of nitrogens with zero attached hydrogens (tertiary/aromatic N) is 1. The number of hydrogen-bond acceptors (Lipinski definition) is 5. The second-order valence-corrected chi connectivity index (χ2v) is 9.57. The lowest BCUT2D eigenvalue weighted by Gasteiger charge is -2.41. The first-order valence-corrected chi connectivity index (χ1v) is 11.6. The molecule has 2 aromatic rings. The maximum absolute atomic E-state index is 11.2. The molecule has 0 unspecified atom stereocenters. The lowest BCUT2D eigenvalue weighted by Crippen LogP contribution is -2.43. The second kappa shape index (κ2) is 10.4. The van der Waals surface area contributed by atoms with Crippen LogP contribution in [-0.2, 0) is 15.7 Å². The molecule has 30 heavy (non-hydrogen) atoms. The predicted molar refractivity (Wildman–Crippen MR) is 118 cm³/mol. The van der Waals surface area contributed by atoms with E-state index in [1.165, 1.54) is 18.6 Å². The van der Waals surface area contributed by atoms with E-state index in [1.807, 2.05) is 31.2 Å². The molecule has 1 fully saturated rings. The van der Waals surface area contributed by atoms with Gasteiger partial charge in [-0.15, -0.1) is 0 Å². The van der Waals surface area contributed by atoms with E-state index in [2.05, 4.69) is 19.0 Å². The molecule has 1 saturated carbocycles. The van der Waals surface area contributed by atoms with E-state index >= 15 is 0 Å². The Morgan fingerprint density at radius 1 is 1.13 bits per heavy atom. The molecule has 166 valence electrons. The van der Waals surface area contributed by atoms with E-state index in [0.29, 0.717) is 5.92 Å². The first-order chi connectivity index (χ1) is 14.1. The number of benzene rings is 2. The summed E-state index contributed by atoms with van der Waals surface area (Å²) in [6.45, 7) is 2.77. The second-order valence-electron chi connectivity index (χ2n) is 8.15. The van der Waals surface area contributed by atoms with Crippen LogP contribution in [0, 0.1) is 12.8 Å². The molecular formula is C23H33NO5S. The molecule has 2 N–H and O–H groups in total. The normalized spacial score (nSPS) is 21.6. The quantitative estimate of drug-likeness (QED) is 0.693. The maximum atomic E-state index is 11.2. The highest BCUT2D eigenvalue weighted by atomic mass is 32.2. The molecule has 6 nitrogen and oxygen atoms in total. The van der Waals surface area contributed by atoms with E-state index in [-0.39, 0.29) is 4.90 Å². The van der Waals surface area contributed by atoms with Crippen LogP contribution in [0.3, 0.4) is 0 Å². The summed E-state index contributed by atoms with van der Waals surface area (Å²) in [7, 11) is 1.79. The van der Waals surface area contributed by atoms with Crippen LogP contribution in [0.25, 0.3) is 0 Å². The molecule has 0 heterocycles. The minimum Gasteiger partial charge on any atom is -0.497 e. The molecule has 0 amide bonds. The van der Waals surface area contributed by atoms with Gasteiger partial charge in [0.05, 0.1) is 17.6 Å². The van der Waals surface area contributed by atoms with E-state index in [9.17, 15) is 13.5 Å². The Kier molecular flexibility index (Phi) is 8.43. The first-order valence-electron chi connectivity index (χ1n) is 10.1. The summed E-state index contributed by atoms with van der Waals surface area (Å²) >= 11 is 0. The monoisotopic (exact) mass is 435 g/mol. The van der Waals surface area contributed by atoms with Gasteiger partial charge in [-0.2, -0.15) is 8.42 Å². The van der Waals surface area contributed by atoms with Gasteiger partial charge in [0, 0.05) is 12.5 Å². The number of rotatable bonds is 5. The SMILES string of the molecule is COc1cccc([C@@]2(O)CCCC[C@@H]2CN(C)C)c1.Cc1ccc(S(=O)(=O)O)cc1. The molecule has 0 spiro atoms. The Hall–Kier alpha value is -1.93. The summed E-state index contributed by atoms with van der Waals surface area (Å²) in [5.41, 5.74) is 1.24. The number of ether oxygens (including phenoxy) is 1. The van der Waals surface area contributed by atoms with Crippen LogP contribution in [0.5, 0.6) is 5.75 Å². The number of aryl methyl sites for hydroxylation is 1. The fourth-order valence-corrected chi connectivity index (χ4v) is 4.37. The van der Waals surface area contributed by atoms with Crippen LogP contribution in [0.2, 0.25) is 0 Å². The van der Waals surface area contributed by atoms with Gasteiger partial charge in [-0.3, -0.25) is 4.55 Å². The van der Waals surface area contributed by atoms with Gasteiger partial charge in [0.2, 0.25) is 0 Å². The first kappa shape index (κ1) is 24.3. The smallest absolute Gasteiger partial charge is 0.294 e. The van der Waals surface area contributed by atoms with Gasteiger partial charge in [0.15, 0.2) is 0 Å². The number of methoxy groups -OCH3 is 1. The fraction of sp³-hybridized carbons (Fsp3) is 0.478. The van der Waals surface area contributed by atoms with E-state index in [0.717, 1.165) is 42.7 Å². The third-order valence-electron chi connectivity index (χ3n) is 5.51. The third kappa shape index (κ3) is 6.54. The van der Waals surface area contributed by atoms with Crippen LogP contribution in [0.1, 0.15) is 36.8 Å². The molecule has 1 aliphatic rings. The molecule has 7 heteroatoms. The zero-order chi connectivity index (χ0) is 22.4. The molecule has 2 aromatic carbocycles. The van der Waals surface area contributed by atoms with Crippen molar-refractivity contribution >= 4 is 10.1 Å². The van der Waals surface area contributed by atoms with E-state index < -0.39 is 15.7 Å². The molecule has 1 aliphatic carbocycles. The van der Waals surface area contributed by atoms with Crippen LogP contribution >= 0.6 is 0 Å². The minimum absolute atomic E-state index is 0.0666. The average molecular weight is 436 g/mol.